The molecule has 0 spiro atoms. The van der Waals surface area contributed by atoms with Crippen molar-refractivity contribution in [2.75, 3.05) is 27.4 Å². The minimum Gasteiger partial charge on any atom is -0.423 e. The molecule has 0 bridgehead atoms. The van der Waals surface area contributed by atoms with Gasteiger partial charge in [0.1, 0.15) is 27.6 Å². The van der Waals surface area contributed by atoms with Gasteiger partial charge in [0.25, 0.3) is 11.8 Å². The van der Waals surface area contributed by atoms with Crippen molar-refractivity contribution >= 4 is 72.2 Å². The molecule has 2 aromatic heterocycles. The molecule has 0 fully saturated rings. The summed E-state index contributed by atoms with van der Waals surface area (Å²) in [5, 5.41) is 17.2. The first-order chi connectivity index (χ1) is 22.8. The van der Waals surface area contributed by atoms with Gasteiger partial charge in [-0.15, -0.1) is 0 Å². The Labute approximate surface area is 302 Å². The normalized spacial score (nSPS) is 10.4. The van der Waals surface area contributed by atoms with Gasteiger partial charge in [0.15, 0.2) is 0 Å². The first-order valence-electron chi connectivity index (χ1n) is 14.3. The molecule has 0 aliphatic carbocycles. The van der Waals surface area contributed by atoms with E-state index >= 15 is 0 Å². The van der Waals surface area contributed by atoms with Gasteiger partial charge in [-0.05, 0) is 101 Å². The maximum absolute atomic E-state index is 13.9. The predicted molar refractivity (Wildman–Crippen MR) is 191 cm³/mol. The van der Waals surface area contributed by atoms with Crippen LogP contribution in [0.2, 0.25) is 0 Å². The van der Waals surface area contributed by atoms with E-state index in [-0.39, 0.29) is 11.2 Å². The third-order valence-electron chi connectivity index (χ3n) is 6.42. The van der Waals surface area contributed by atoms with E-state index in [1.807, 2.05) is 6.07 Å². The molecule has 10 nitrogen and oxygen atoms in total. The second kappa shape index (κ2) is 21.1. The number of ether oxygens (including phenoxy) is 2. The van der Waals surface area contributed by atoms with Gasteiger partial charge in [0.05, 0.1) is 5.69 Å². The number of carbonyl (C=O) groups is 2. The third-order valence-corrected chi connectivity index (χ3v) is 7.85. The summed E-state index contributed by atoms with van der Waals surface area (Å²) in [4.78, 5) is 31.0. The Morgan fingerprint density at radius 1 is 0.750 bits per heavy atom. The molecule has 2 aromatic carbocycles. The molecule has 16 heteroatoms. The van der Waals surface area contributed by atoms with Gasteiger partial charge in [-0.25, -0.2) is 18.7 Å². The topological polar surface area (TPSA) is 171 Å². The summed E-state index contributed by atoms with van der Waals surface area (Å²) in [7, 11) is 1.51. The molecule has 0 aliphatic heterocycles. The maximum atomic E-state index is 13.9. The number of methoxy groups -OCH3 is 2. The molecular weight excluding hydrogens is 825 g/mol. The fraction of sp³-hybridized carbons (Fsp3) is 0.250. The predicted octanol–water partition coefficient (Wildman–Crippen LogP) is 5.12. The Morgan fingerprint density at radius 3 is 1.75 bits per heavy atom. The average molecular weight is 859 g/mol. The van der Waals surface area contributed by atoms with E-state index in [9.17, 15) is 18.4 Å². The van der Waals surface area contributed by atoms with Gasteiger partial charge in [0, 0.05) is 47.4 Å². The third kappa shape index (κ3) is 13.4. The molecule has 48 heavy (non-hydrogen) atoms. The largest absolute Gasteiger partial charge is 0.491 e. The number of hydrogen-bond donors (Lipinski definition) is 4. The van der Waals surface area contributed by atoms with E-state index < -0.39 is 30.6 Å². The monoisotopic (exact) mass is 856 g/mol. The number of hydrogen-bond acceptors (Lipinski definition) is 8. The Morgan fingerprint density at radius 2 is 1.25 bits per heavy atom. The quantitative estimate of drug-likeness (QED) is 0.0865. The number of nitrogens with two attached hydrogens (primary N) is 2. The highest BCUT2D eigenvalue weighted by atomic mass is 79.9. The van der Waals surface area contributed by atoms with E-state index in [0.29, 0.717) is 45.7 Å². The lowest BCUT2D eigenvalue weighted by Gasteiger charge is -2.09. The average Bonchev–Trinajstić information content (AvgIpc) is 3.04. The smallest absolute Gasteiger partial charge is 0.423 e. The number of primary amides is 2. The molecule has 2 amide bonds. The number of rotatable bonds is 12. The summed E-state index contributed by atoms with van der Waals surface area (Å²) >= 11 is 9.58. The number of halogens is 5. The van der Waals surface area contributed by atoms with Crippen LogP contribution in [0.25, 0.3) is 11.3 Å². The first-order valence-corrected chi connectivity index (χ1v) is 16.7. The molecule has 256 valence electrons. The van der Waals surface area contributed by atoms with Crippen molar-refractivity contribution in [3.8, 4) is 11.3 Å². The Kier molecular flexibility index (Phi) is 18.0. The lowest BCUT2D eigenvalue weighted by atomic mass is 9.80. The molecule has 6 N–H and O–H groups in total. The molecule has 4 rings (SSSR count). The van der Waals surface area contributed by atoms with Crippen LogP contribution in [-0.2, 0) is 22.3 Å². The lowest BCUT2D eigenvalue weighted by Crippen LogP contribution is -2.32. The van der Waals surface area contributed by atoms with Crippen molar-refractivity contribution < 1.29 is 37.9 Å². The van der Waals surface area contributed by atoms with Crippen molar-refractivity contribution in [3.63, 3.8) is 0 Å². The van der Waals surface area contributed by atoms with Crippen molar-refractivity contribution in [1.29, 1.82) is 0 Å². The van der Waals surface area contributed by atoms with E-state index in [0.717, 1.165) is 34.9 Å². The summed E-state index contributed by atoms with van der Waals surface area (Å²) in [6, 6.07) is 15.6. The molecule has 0 unspecified atom stereocenters. The van der Waals surface area contributed by atoms with Crippen molar-refractivity contribution in [1.82, 2.24) is 9.97 Å². The van der Waals surface area contributed by atoms with Gasteiger partial charge in [-0.1, -0.05) is 44.0 Å². The summed E-state index contributed by atoms with van der Waals surface area (Å²) in [5.74, 6) is -2.14. The summed E-state index contributed by atoms with van der Waals surface area (Å²) in [6.45, 7) is 1.24. The highest BCUT2D eigenvalue weighted by Crippen LogP contribution is 2.26. The number of aromatic nitrogens is 2. The zero-order valence-corrected chi connectivity index (χ0v) is 30.8. The number of carbonyl (C=O) groups excluding carboxylic acids is 2. The summed E-state index contributed by atoms with van der Waals surface area (Å²) < 4.78 is 38.5. The molecule has 2 heterocycles. The molecule has 4 aromatic rings. The summed E-state index contributed by atoms with van der Waals surface area (Å²) in [5.41, 5.74) is 13.3. The molecular formula is C32H34BBr3F2N4O6. The second-order valence-corrected chi connectivity index (χ2v) is 12.6. The first kappa shape index (κ1) is 41.1. The van der Waals surface area contributed by atoms with Gasteiger partial charge in [-0.2, -0.15) is 0 Å². The second-order valence-electron chi connectivity index (χ2n) is 9.93. The van der Waals surface area contributed by atoms with Crippen LogP contribution in [0.3, 0.4) is 0 Å². The molecule has 0 aliphatic rings. The molecule has 0 radical (unpaired) electrons. The number of nitrogens with zero attached hydrogens (tertiary/aromatic N) is 2. The van der Waals surface area contributed by atoms with Crippen molar-refractivity contribution in [2.45, 2.75) is 25.7 Å². The Bertz CT molecular complexity index is 1690. The van der Waals surface area contributed by atoms with E-state index in [2.05, 4.69) is 57.8 Å². The number of aryl methyl sites for hydroxylation is 2. The van der Waals surface area contributed by atoms with Crippen LogP contribution < -0.4 is 16.9 Å². The van der Waals surface area contributed by atoms with Gasteiger partial charge in [-0.3, -0.25) is 9.59 Å². The molecule has 0 saturated heterocycles. The van der Waals surface area contributed by atoms with Gasteiger partial charge in [0.2, 0.25) is 0 Å². The zero-order valence-electron chi connectivity index (χ0n) is 26.1. The van der Waals surface area contributed by atoms with Crippen LogP contribution >= 0.6 is 47.8 Å². The van der Waals surface area contributed by atoms with Crippen molar-refractivity contribution in [2.24, 2.45) is 11.5 Å². The highest BCUT2D eigenvalue weighted by molar-refractivity contribution is 9.11. The highest BCUT2D eigenvalue weighted by Gasteiger charge is 2.16. The number of pyridine rings is 2. The van der Waals surface area contributed by atoms with Crippen LogP contribution in [0.4, 0.5) is 8.78 Å². The standard InChI is InChI=1S/C16H16BrFN2O2.C10H13BrN2O2.C6H5BBrFO2/c1-22-8-2-3-10-4-7-14(20-15(10)16(19)21)12-9-11(17)5-6-13(12)18;1-15-6-2-3-7-4-5-8(11)13-9(7)10(12)14;8-4-1-2-6(9)5(3-4)7(10)11/h4-7,9H,2-3,8H2,1H3,(H2,19,21);4-5H,2-3,6H2,1H3,(H2,12,14);1-3,10-11H. The number of amides is 2. The van der Waals surface area contributed by atoms with Crippen LogP contribution in [0.15, 0.2) is 74.2 Å². The van der Waals surface area contributed by atoms with Gasteiger partial charge < -0.3 is 31.0 Å². The fourth-order valence-electron chi connectivity index (χ4n) is 4.15. The van der Waals surface area contributed by atoms with Crippen molar-refractivity contribution in [3.05, 3.63) is 108 Å². The van der Waals surface area contributed by atoms with Crippen LogP contribution in [-0.4, -0.2) is 66.4 Å². The van der Waals surface area contributed by atoms with E-state index in [1.165, 1.54) is 24.3 Å². The van der Waals surface area contributed by atoms with E-state index in [4.69, 9.17) is 31.0 Å². The van der Waals surface area contributed by atoms with Crippen LogP contribution in [0, 0.1) is 11.6 Å². The van der Waals surface area contributed by atoms with Crippen LogP contribution in [0.1, 0.15) is 44.9 Å². The summed E-state index contributed by atoms with van der Waals surface area (Å²) in [6.07, 6.45) is 2.97. The zero-order chi connectivity index (χ0) is 35.8. The van der Waals surface area contributed by atoms with E-state index in [1.54, 1.807) is 44.6 Å². The Balaban J connectivity index is 0.000000267. The van der Waals surface area contributed by atoms with Crippen LogP contribution in [0.5, 0.6) is 0 Å². The van der Waals surface area contributed by atoms with Gasteiger partial charge >= 0.3 is 7.12 Å². The Hall–Kier alpha value is -3.12. The molecule has 0 atom stereocenters. The molecule has 0 saturated carbocycles. The number of benzene rings is 2. The maximum Gasteiger partial charge on any atom is 0.491 e. The fourth-order valence-corrected chi connectivity index (χ4v) is 5.20. The SMILES string of the molecule is COCCCc1ccc(-c2cc(Br)ccc2F)nc1C(N)=O.COCCCc1ccc(Br)nc1C(N)=O.OB(O)c1cc(Br)ccc1F. The lowest BCUT2D eigenvalue weighted by molar-refractivity contribution is 0.0986. The minimum atomic E-state index is -1.76. The minimum absolute atomic E-state index is 0.126.